The van der Waals surface area contributed by atoms with E-state index in [4.69, 9.17) is 10.5 Å². The van der Waals surface area contributed by atoms with Gasteiger partial charge in [0.05, 0.1) is 5.60 Å². The van der Waals surface area contributed by atoms with Gasteiger partial charge in [-0.1, -0.05) is 0 Å². The highest BCUT2D eigenvalue weighted by molar-refractivity contribution is 4.85. The molecule has 4 heteroatoms. The Balaban J connectivity index is 2.17. The summed E-state index contributed by atoms with van der Waals surface area (Å²) in [6.07, 6.45) is 3.91. The topological polar surface area (TPSA) is 67.5 Å². The fourth-order valence-electron chi connectivity index (χ4n) is 1.98. The molecule has 0 aromatic heterocycles. The standard InChI is InChI=1S/C11H24N2O2/c1-11(14,5-6-15-2)8-13-10-4-3-9(12)7-10/h9-10,13-14H,3-8,12H2,1-2H3. The molecule has 1 rings (SSSR count). The average Bonchev–Trinajstić information content (AvgIpc) is 2.59. The molecule has 0 aromatic carbocycles. The van der Waals surface area contributed by atoms with E-state index in [0.29, 0.717) is 31.7 Å². The molecule has 0 aromatic rings. The van der Waals surface area contributed by atoms with Crippen molar-refractivity contribution in [2.75, 3.05) is 20.3 Å². The number of aliphatic hydroxyl groups is 1. The third-order valence-corrected chi connectivity index (χ3v) is 3.09. The van der Waals surface area contributed by atoms with Gasteiger partial charge in [-0.3, -0.25) is 0 Å². The van der Waals surface area contributed by atoms with Crippen LogP contribution in [0.4, 0.5) is 0 Å². The normalized spacial score (nSPS) is 30.4. The van der Waals surface area contributed by atoms with Crippen molar-refractivity contribution < 1.29 is 9.84 Å². The predicted molar refractivity (Wildman–Crippen MR) is 60.7 cm³/mol. The zero-order chi connectivity index (χ0) is 11.3. The Morgan fingerprint density at radius 3 is 2.80 bits per heavy atom. The molecule has 0 heterocycles. The maximum absolute atomic E-state index is 10.00. The van der Waals surface area contributed by atoms with E-state index in [9.17, 15) is 5.11 Å². The van der Waals surface area contributed by atoms with E-state index >= 15 is 0 Å². The van der Waals surface area contributed by atoms with Crippen LogP contribution in [0.15, 0.2) is 0 Å². The monoisotopic (exact) mass is 216 g/mol. The molecule has 0 bridgehead atoms. The number of nitrogens with two attached hydrogens (primary N) is 1. The maximum Gasteiger partial charge on any atom is 0.0765 e. The van der Waals surface area contributed by atoms with Crippen LogP contribution >= 0.6 is 0 Å². The lowest BCUT2D eigenvalue weighted by molar-refractivity contribution is 0.0229. The molecule has 1 fully saturated rings. The quantitative estimate of drug-likeness (QED) is 0.595. The van der Waals surface area contributed by atoms with Crippen molar-refractivity contribution >= 4 is 0 Å². The fraction of sp³-hybridized carbons (Fsp3) is 1.00. The van der Waals surface area contributed by atoms with E-state index in [-0.39, 0.29) is 0 Å². The van der Waals surface area contributed by atoms with Gasteiger partial charge in [-0.05, 0) is 26.2 Å². The van der Waals surface area contributed by atoms with E-state index in [1.165, 1.54) is 0 Å². The van der Waals surface area contributed by atoms with Gasteiger partial charge in [-0.15, -0.1) is 0 Å². The smallest absolute Gasteiger partial charge is 0.0765 e. The molecule has 3 unspecified atom stereocenters. The molecule has 90 valence electrons. The van der Waals surface area contributed by atoms with Crippen molar-refractivity contribution in [2.24, 2.45) is 5.73 Å². The Morgan fingerprint density at radius 2 is 2.27 bits per heavy atom. The molecular weight excluding hydrogens is 192 g/mol. The Labute approximate surface area is 92.2 Å². The molecular formula is C11H24N2O2. The Morgan fingerprint density at radius 1 is 1.53 bits per heavy atom. The summed E-state index contributed by atoms with van der Waals surface area (Å²) < 4.78 is 4.96. The van der Waals surface area contributed by atoms with Crippen LogP contribution in [-0.4, -0.2) is 43.1 Å². The molecule has 0 radical (unpaired) electrons. The van der Waals surface area contributed by atoms with Gasteiger partial charge in [0.25, 0.3) is 0 Å². The lowest BCUT2D eigenvalue weighted by atomic mass is 10.0. The highest BCUT2D eigenvalue weighted by atomic mass is 16.5. The molecule has 0 saturated heterocycles. The Kier molecular flexibility index (Phi) is 4.99. The minimum absolute atomic E-state index is 0.339. The van der Waals surface area contributed by atoms with Crippen LogP contribution in [-0.2, 0) is 4.74 Å². The van der Waals surface area contributed by atoms with Crippen molar-refractivity contribution in [1.82, 2.24) is 5.32 Å². The van der Waals surface area contributed by atoms with E-state index in [1.807, 2.05) is 6.92 Å². The van der Waals surface area contributed by atoms with Crippen LogP contribution in [0.1, 0.15) is 32.6 Å². The van der Waals surface area contributed by atoms with Gasteiger partial charge in [0.2, 0.25) is 0 Å². The molecule has 0 spiro atoms. The first-order valence-electron chi connectivity index (χ1n) is 5.74. The largest absolute Gasteiger partial charge is 0.389 e. The molecule has 1 aliphatic rings. The first kappa shape index (κ1) is 12.9. The second-order valence-electron chi connectivity index (χ2n) is 4.89. The Hall–Kier alpha value is -0.160. The summed E-state index contributed by atoms with van der Waals surface area (Å²) in [6, 6.07) is 0.820. The van der Waals surface area contributed by atoms with Gasteiger partial charge in [0.15, 0.2) is 0 Å². The van der Waals surface area contributed by atoms with Crippen LogP contribution in [0.3, 0.4) is 0 Å². The average molecular weight is 216 g/mol. The molecule has 15 heavy (non-hydrogen) atoms. The van der Waals surface area contributed by atoms with Crippen LogP contribution in [0.5, 0.6) is 0 Å². The summed E-state index contributed by atoms with van der Waals surface area (Å²) in [5.74, 6) is 0. The van der Waals surface area contributed by atoms with Gasteiger partial charge in [-0.2, -0.15) is 0 Å². The van der Waals surface area contributed by atoms with E-state index in [2.05, 4.69) is 5.32 Å². The van der Waals surface area contributed by atoms with Crippen LogP contribution in [0.25, 0.3) is 0 Å². The molecule has 3 atom stereocenters. The summed E-state index contributed by atoms with van der Waals surface area (Å²) in [7, 11) is 1.65. The summed E-state index contributed by atoms with van der Waals surface area (Å²) in [5.41, 5.74) is 5.14. The zero-order valence-electron chi connectivity index (χ0n) is 9.83. The highest BCUT2D eigenvalue weighted by Gasteiger charge is 2.25. The number of ether oxygens (including phenoxy) is 1. The summed E-state index contributed by atoms with van der Waals surface area (Å²) in [6.45, 7) is 3.06. The second kappa shape index (κ2) is 5.80. The molecule has 4 N–H and O–H groups in total. The molecule has 1 aliphatic carbocycles. The number of hydrogen-bond acceptors (Lipinski definition) is 4. The van der Waals surface area contributed by atoms with Crippen molar-refractivity contribution in [3.05, 3.63) is 0 Å². The van der Waals surface area contributed by atoms with Crippen molar-refractivity contribution in [1.29, 1.82) is 0 Å². The van der Waals surface area contributed by atoms with Gasteiger partial charge < -0.3 is 20.9 Å². The molecule has 0 aliphatic heterocycles. The molecule has 4 nitrogen and oxygen atoms in total. The number of nitrogens with one attached hydrogen (secondary N) is 1. The van der Waals surface area contributed by atoms with Crippen molar-refractivity contribution in [3.63, 3.8) is 0 Å². The SMILES string of the molecule is COCCC(C)(O)CNC1CCC(N)C1. The first-order chi connectivity index (χ1) is 7.03. The predicted octanol–water partition coefficient (Wildman–Crippen LogP) is 0.243. The van der Waals surface area contributed by atoms with E-state index in [0.717, 1.165) is 19.3 Å². The molecule has 0 amide bonds. The van der Waals surface area contributed by atoms with E-state index in [1.54, 1.807) is 7.11 Å². The fourth-order valence-corrected chi connectivity index (χ4v) is 1.98. The minimum atomic E-state index is -0.678. The number of methoxy groups -OCH3 is 1. The first-order valence-corrected chi connectivity index (χ1v) is 5.74. The maximum atomic E-state index is 10.00. The Bertz CT molecular complexity index is 185. The zero-order valence-corrected chi connectivity index (χ0v) is 9.83. The van der Waals surface area contributed by atoms with Gasteiger partial charge >= 0.3 is 0 Å². The second-order valence-corrected chi connectivity index (χ2v) is 4.89. The summed E-state index contributed by atoms with van der Waals surface area (Å²) in [4.78, 5) is 0. The van der Waals surface area contributed by atoms with E-state index < -0.39 is 5.60 Å². The van der Waals surface area contributed by atoms with Crippen molar-refractivity contribution in [3.8, 4) is 0 Å². The van der Waals surface area contributed by atoms with Crippen molar-refractivity contribution in [2.45, 2.75) is 50.3 Å². The third-order valence-electron chi connectivity index (χ3n) is 3.09. The number of hydrogen-bond donors (Lipinski definition) is 3. The minimum Gasteiger partial charge on any atom is -0.389 e. The van der Waals surface area contributed by atoms with Crippen LogP contribution < -0.4 is 11.1 Å². The van der Waals surface area contributed by atoms with Gasteiger partial charge in [0.1, 0.15) is 0 Å². The van der Waals surface area contributed by atoms with Gasteiger partial charge in [0, 0.05) is 38.8 Å². The lowest BCUT2D eigenvalue weighted by Gasteiger charge is -2.25. The summed E-state index contributed by atoms with van der Waals surface area (Å²) in [5, 5.41) is 13.4. The number of rotatable bonds is 6. The van der Waals surface area contributed by atoms with Crippen LogP contribution in [0, 0.1) is 0 Å². The molecule has 1 saturated carbocycles. The third kappa shape index (κ3) is 4.93. The van der Waals surface area contributed by atoms with Gasteiger partial charge in [-0.25, -0.2) is 0 Å². The highest BCUT2D eigenvalue weighted by Crippen LogP contribution is 2.18. The summed E-state index contributed by atoms with van der Waals surface area (Å²) >= 11 is 0. The lowest BCUT2D eigenvalue weighted by Crippen LogP contribution is -2.42. The van der Waals surface area contributed by atoms with Crippen LogP contribution in [0.2, 0.25) is 0 Å².